The average Bonchev–Trinajstić information content (AvgIpc) is 3.94. The van der Waals surface area contributed by atoms with Crippen LogP contribution in [0.25, 0.3) is 0 Å². The second-order valence-corrected chi connectivity index (χ2v) is 13.8. The van der Waals surface area contributed by atoms with E-state index >= 15 is 0 Å². The van der Waals surface area contributed by atoms with Gasteiger partial charge in [0, 0.05) is 56.4 Å². The topological polar surface area (TPSA) is 155 Å². The molecule has 0 aliphatic carbocycles. The van der Waals surface area contributed by atoms with Gasteiger partial charge in [0.15, 0.2) is 0 Å². The number of carbonyl (C=O) groups excluding carboxylic acids is 5. The lowest BCUT2D eigenvalue weighted by Gasteiger charge is -2.34. The van der Waals surface area contributed by atoms with Crippen LogP contribution in [-0.4, -0.2) is 100 Å². The molecule has 2 aromatic rings. The number of aliphatic hydroxyl groups is 1. The number of amides is 3. The number of esters is 2. The SMILES string of the molecule is COC(=O)[C@@H]1C[C@@H](O)[C@H]2CCCC(=O)N21.COC(=O)[C@@H]1C[C@@H](OC(=O)N2Cc3cccc(F)c3C2)[C@H]2CCCC(=O)N21.Fc1cccc2c1CNC2. The minimum atomic E-state index is -0.723. The van der Waals surface area contributed by atoms with Gasteiger partial charge in [-0.05, 0) is 48.9 Å². The van der Waals surface area contributed by atoms with Crippen molar-refractivity contribution in [2.45, 2.75) is 114 Å². The van der Waals surface area contributed by atoms with E-state index in [1.165, 1.54) is 41.1 Å². The highest BCUT2D eigenvalue weighted by molar-refractivity contribution is 5.87. The lowest BCUT2D eigenvalue weighted by molar-refractivity contribution is -0.153. The molecule has 3 amide bonds. The summed E-state index contributed by atoms with van der Waals surface area (Å²) in [5.41, 5.74) is 3.20. The Kier molecular flexibility index (Phi) is 11.4. The molecule has 6 aliphatic rings. The van der Waals surface area contributed by atoms with Crippen molar-refractivity contribution in [1.29, 1.82) is 0 Å². The van der Waals surface area contributed by atoms with Crippen LogP contribution in [0.2, 0.25) is 0 Å². The summed E-state index contributed by atoms with van der Waals surface area (Å²) >= 11 is 0. The van der Waals surface area contributed by atoms with Gasteiger partial charge in [-0.25, -0.2) is 23.2 Å². The maximum Gasteiger partial charge on any atom is 0.410 e. The van der Waals surface area contributed by atoms with Crippen molar-refractivity contribution in [3.8, 4) is 0 Å². The number of fused-ring (bicyclic) bond motifs is 4. The number of benzene rings is 2. The first-order valence-electron chi connectivity index (χ1n) is 17.7. The number of hydrogen-bond acceptors (Lipinski definition) is 10. The van der Waals surface area contributed by atoms with Crippen LogP contribution in [0.15, 0.2) is 36.4 Å². The van der Waals surface area contributed by atoms with E-state index in [4.69, 9.17) is 9.47 Å². The quantitative estimate of drug-likeness (QED) is 0.356. The van der Waals surface area contributed by atoms with Gasteiger partial charge in [-0.3, -0.25) is 14.5 Å². The van der Waals surface area contributed by atoms with Gasteiger partial charge in [0.25, 0.3) is 0 Å². The fourth-order valence-corrected chi connectivity index (χ4v) is 8.20. The monoisotopic (exact) mass is 726 g/mol. The summed E-state index contributed by atoms with van der Waals surface area (Å²) < 4.78 is 41.9. The second kappa shape index (κ2) is 15.9. The van der Waals surface area contributed by atoms with Crippen molar-refractivity contribution in [1.82, 2.24) is 20.0 Å². The zero-order chi connectivity index (χ0) is 37.1. The number of carbonyl (C=O) groups is 5. The van der Waals surface area contributed by atoms with Crippen molar-refractivity contribution in [3.63, 3.8) is 0 Å². The summed E-state index contributed by atoms with van der Waals surface area (Å²) in [4.78, 5) is 64.6. The number of hydrogen-bond donors (Lipinski definition) is 2. The average molecular weight is 727 g/mol. The van der Waals surface area contributed by atoms with Gasteiger partial charge in [0.2, 0.25) is 11.8 Å². The van der Waals surface area contributed by atoms with E-state index in [0.717, 1.165) is 36.1 Å². The predicted octanol–water partition coefficient (Wildman–Crippen LogP) is 3.08. The highest BCUT2D eigenvalue weighted by atomic mass is 19.1. The summed E-state index contributed by atoms with van der Waals surface area (Å²) in [6.45, 7) is 1.93. The van der Waals surface area contributed by atoms with Crippen LogP contribution in [0.1, 0.15) is 73.6 Å². The Bertz CT molecular complexity index is 1710. The number of ether oxygens (including phenoxy) is 3. The zero-order valence-electron chi connectivity index (χ0n) is 29.2. The Morgan fingerprint density at radius 1 is 0.769 bits per heavy atom. The van der Waals surface area contributed by atoms with Gasteiger partial charge < -0.3 is 34.4 Å². The molecule has 0 unspecified atom stereocenters. The molecule has 0 saturated carbocycles. The molecular weight excluding hydrogens is 682 g/mol. The Morgan fingerprint density at radius 3 is 1.96 bits per heavy atom. The third kappa shape index (κ3) is 7.47. The van der Waals surface area contributed by atoms with E-state index in [1.54, 1.807) is 18.2 Å². The van der Waals surface area contributed by atoms with Gasteiger partial charge in [0.1, 0.15) is 29.8 Å². The van der Waals surface area contributed by atoms with Crippen molar-refractivity contribution in [3.05, 3.63) is 70.3 Å². The molecule has 6 aliphatic heterocycles. The summed E-state index contributed by atoms with van der Waals surface area (Å²) in [6, 6.07) is 8.18. The highest BCUT2D eigenvalue weighted by Gasteiger charge is 2.51. The van der Waals surface area contributed by atoms with E-state index in [0.29, 0.717) is 44.2 Å². The zero-order valence-corrected chi connectivity index (χ0v) is 29.2. The highest BCUT2D eigenvalue weighted by Crippen LogP contribution is 2.36. The van der Waals surface area contributed by atoms with E-state index in [-0.39, 0.29) is 55.0 Å². The predicted molar refractivity (Wildman–Crippen MR) is 179 cm³/mol. The first-order valence-corrected chi connectivity index (χ1v) is 17.7. The Labute approximate surface area is 300 Å². The number of aliphatic hydroxyl groups excluding tert-OH is 1. The molecular formula is C37H44F2N4O9. The van der Waals surface area contributed by atoms with E-state index in [2.05, 4.69) is 10.1 Å². The summed E-state index contributed by atoms with van der Waals surface area (Å²) in [7, 11) is 2.58. The van der Waals surface area contributed by atoms with Gasteiger partial charge in [-0.1, -0.05) is 24.3 Å². The van der Waals surface area contributed by atoms with Crippen molar-refractivity contribution < 1.29 is 52.1 Å². The van der Waals surface area contributed by atoms with Crippen LogP contribution in [-0.2, 0) is 59.6 Å². The largest absolute Gasteiger partial charge is 0.467 e. The third-order valence-corrected chi connectivity index (χ3v) is 10.8. The lowest BCUT2D eigenvalue weighted by atomic mass is 10.0. The smallest absolute Gasteiger partial charge is 0.410 e. The van der Waals surface area contributed by atoms with Crippen LogP contribution in [0, 0.1) is 11.6 Å². The lowest BCUT2D eigenvalue weighted by Crippen LogP contribution is -2.49. The Hall–Kier alpha value is -4.63. The molecule has 280 valence electrons. The molecule has 0 aromatic heterocycles. The van der Waals surface area contributed by atoms with E-state index < -0.39 is 42.3 Å². The van der Waals surface area contributed by atoms with Crippen molar-refractivity contribution in [2.75, 3.05) is 14.2 Å². The molecule has 6 heterocycles. The summed E-state index contributed by atoms with van der Waals surface area (Å²) in [6.07, 6.45) is 2.62. The van der Waals surface area contributed by atoms with Gasteiger partial charge in [0.05, 0.1) is 39.0 Å². The molecule has 13 nitrogen and oxygen atoms in total. The maximum atomic E-state index is 13.9. The van der Waals surface area contributed by atoms with Crippen LogP contribution >= 0.6 is 0 Å². The standard InChI is InChI=1S/C19H21FN2O5.C10H15NO4.C8H8FN/c1-26-18(24)15-8-16(14-6-3-7-17(23)22(14)15)27-19(25)21-9-11-4-2-5-13(20)12(11)10-21;1-15-10(14)7-5-8(12)6-3-2-4-9(13)11(6)7;9-8-3-1-2-6-4-10-5-7(6)8/h2,4-5,14-16H,3,6-10H2,1H3;6-8,12H,2-5H2,1H3;1-3,10H,4-5H2/t14-,15+,16-;6-,7+,8-;/m11./s1. The Balaban J connectivity index is 0.000000154. The van der Waals surface area contributed by atoms with Crippen LogP contribution < -0.4 is 5.32 Å². The third-order valence-electron chi connectivity index (χ3n) is 10.8. The molecule has 2 aromatic carbocycles. The van der Waals surface area contributed by atoms with Gasteiger partial charge in [-0.15, -0.1) is 0 Å². The fourth-order valence-electron chi connectivity index (χ4n) is 8.20. The van der Waals surface area contributed by atoms with Crippen molar-refractivity contribution >= 4 is 29.8 Å². The second-order valence-electron chi connectivity index (χ2n) is 13.8. The summed E-state index contributed by atoms with van der Waals surface area (Å²) in [5, 5.41) is 12.8. The molecule has 8 rings (SSSR count). The number of nitrogens with zero attached hydrogens (tertiary/aromatic N) is 3. The molecule has 0 spiro atoms. The molecule has 15 heteroatoms. The first kappa shape index (κ1) is 37.1. The van der Waals surface area contributed by atoms with E-state index in [1.807, 2.05) is 6.07 Å². The van der Waals surface area contributed by atoms with Crippen LogP contribution in [0.3, 0.4) is 0 Å². The molecule has 0 bridgehead atoms. The number of piperidine rings is 2. The van der Waals surface area contributed by atoms with Gasteiger partial charge >= 0.3 is 18.0 Å². The van der Waals surface area contributed by atoms with Crippen LogP contribution in [0.5, 0.6) is 0 Å². The minimum absolute atomic E-state index is 0.0433. The molecule has 52 heavy (non-hydrogen) atoms. The Morgan fingerprint density at radius 2 is 1.35 bits per heavy atom. The minimum Gasteiger partial charge on any atom is -0.467 e. The van der Waals surface area contributed by atoms with Crippen LogP contribution in [0.4, 0.5) is 13.6 Å². The van der Waals surface area contributed by atoms with E-state index in [9.17, 15) is 37.9 Å². The van der Waals surface area contributed by atoms with Crippen molar-refractivity contribution in [2.24, 2.45) is 0 Å². The first-order chi connectivity index (χ1) is 25.0. The number of methoxy groups -OCH3 is 2. The normalized spacial score (nSPS) is 26.9. The molecule has 4 saturated heterocycles. The number of halogens is 2. The molecule has 0 radical (unpaired) electrons. The molecule has 4 fully saturated rings. The summed E-state index contributed by atoms with van der Waals surface area (Å²) in [5.74, 6) is -1.49. The number of rotatable bonds is 3. The maximum absolute atomic E-state index is 13.9. The number of nitrogens with one attached hydrogen (secondary N) is 1. The van der Waals surface area contributed by atoms with Gasteiger partial charge in [-0.2, -0.15) is 0 Å². The molecule has 6 atom stereocenters. The fraction of sp³-hybridized carbons (Fsp3) is 0.541. The molecule has 2 N–H and O–H groups in total.